The van der Waals surface area contributed by atoms with Gasteiger partial charge in [-0.1, -0.05) is 6.07 Å². The standard InChI is InChI=1S/C9H8FN3S/c1-6-7(10)3-2-4-8(6)13-9(14)12-5-11/h2-4H,1H3,(H2,12,13,14). The van der Waals surface area contributed by atoms with E-state index in [9.17, 15) is 4.39 Å². The Hall–Kier alpha value is -1.67. The fourth-order valence-corrected chi connectivity index (χ4v) is 1.10. The van der Waals surface area contributed by atoms with Gasteiger partial charge in [0.25, 0.3) is 0 Å². The molecular formula is C9H8FN3S. The zero-order valence-corrected chi connectivity index (χ0v) is 8.28. The average Bonchev–Trinajstić information content (AvgIpc) is 2.13. The SMILES string of the molecule is Cc1c(F)cccc1NC(=S)NC#N. The molecule has 0 atom stereocenters. The smallest absolute Gasteiger partial charge is 0.184 e. The van der Waals surface area contributed by atoms with Gasteiger partial charge in [0.1, 0.15) is 5.82 Å². The number of hydrogen-bond donors (Lipinski definition) is 2. The van der Waals surface area contributed by atoms with Crippen molar-refractivity contribution in [2.75, 3.05) is 5.32 Å². The van der Waals surface area contributed by atoms with Gasteiger partial charge in [0.05, 0.1) is 0 Å². The number of hydrogen-bond acceptors (Lipinski definition) is 2. The Morgan fingerprint density at radius 3 is 2.93 bits per heavy atom. The molecule has 0 bridgehead atoms. The predicted octanol–water partition coefficient (Wildman–Crippen LogP) is 1.90. The number of thiocarbonyl (C=S) groups is 1. The van der Waals surface area contributed by atoms with Gasteiger partial charge in [-0.2, -0.15) is 5.26 Å². The molecule has 0 saturated carbocycles. The number of nitriles is 1. The summed E-state index contributed by atoms with van der Waals surface area (Å²) < 4.78 is 13.0. The first kappa shape index (κ1) is 10.4. The lowest BCUT2D eigenvalue weighted by Crippen LogP contribution is -2.24. The summed E-state index contributed by atoms with van der Waals surface area (Å²) in [6, 6.07) is 4.62. The van der Waals surface area contributed by atoms with Gasteiger partial charge in [0.15, 0.2) is 11.3 Å². The Morgan fingerprint density at radius 1 is 1.57 bits per heavy atom. The van der Waals surface area contributed by atoms with Crippen LogP contribution in [0.3, 0.4) is 0 Å². The van der Waals surface area contributed by atoms with E-state index in [1.54, 1.807) is 25.2 Å². The maximum Gasteiger partial charge on any atom is 0.184 e. The lowest BCUT2D eigenvalue weighted by Gasteiger charge is -2.08. The molecule has 0 spiro atoms. The minimum Gasteiger partial charge on any atom is -0.332 e. The molecule has 1 aromatic carbocycles. The second-order valence-corrected chi connectivity index (χ2v) is 3.01. The number of nitrogens with zero attached hydrogens (tertiary/aromatic N) is 1. The molecule has 1 rings (SSSR count). The zero-order valence-electron chi connectivity index (χ0n) is 7.47. The first-order valence-corrected chi connectivity index (χ1v) is 4.27. The third kappa shape index (κ3) is 2.41. The normalized spacial score (nSPS) is 8.93. The van der Waals surface area contributed by atoms with Crippen LogP contribution >= 0.6 is 12.2 Å². The summed E-state index contributed by atoms with van der Waals surface area (Å²) in [6.45, 7) is 1.63. The molecule has 0 amide bonds. The Morgan fingerprint density at radius 2 is 2.29 bits per heavy atom. The number of nitrogens with one attached hydrogen (secondary N) is 2. The second-order valence-electron chi connectivity index (χ2n) is 2.60. The maximum absolute atomic E-state index is 13.0. The topological polar surface area (TPSA) is 47.8 Å². The van der Waals surface area contributed by atoms with Crippen LogP contribution < -0.4 is 10.6 Å². The third-order valence-electron chi connectivity index (χ3n) is 1.69. The van der Waals surface area contributed by atoms with Crippen LogP contribution in [-0.2, 0) is 0 Å². The molecule has 1 aromatic rings. The molecule has 5 heteroatoms. The van der Waals surface area contributed by atoms with Crippen molar-refractivity contribution in [2.24, 2.45) is 0 Å². The van der Waals surface area contributed by atoms with Crippen molar-refractivity contribution in [3.05, 3.63) is 29.6 Å². The van der Waals surface area contributed by atoms with Gasteiger partial charge in [0.2, 0.25) is 0 Å². The van der Waals surface area contributed by atoms with Crippen molar-refractivity contribution in [2.45, 2.75) is 6.92 Å². The van der Waals surface area contributed by atoms with E-state index >= 15 is 0 Å². The number of benzene rings is 1. The van der Waals surface area contributed by atoms with Crippen molar-refractivity contribution in [3.63, 3.8) is 0 Å². The molecule has 0 aliphatic heterocycles. The van der Waals surface area contributed by atoms with Crippen LogP contribution in [0.5, 0.6) is 0 Å². The van der Waals surface area contributed by atoms with E-state index in [4.69, 9.17) is 17.5 Å². The molecule has 72 valence electrons. The van der Waals surface area contributed by atoms with Crippen LogP contribution in [0.2, 0.25) is 0 Å². The van der Waals surface area contributed by atoms with Crippen LogP contribution in [0, 0.1) is 24.2 Å². The highest BCUT2D eigenvalue weighted by Crippen LogP contribution is 2.16. The van der Waals surface area contributed by atoms with Crippen LogP contribution in [-0.4, -0.2) is 5.11 Å². The highest BCUT2D eigenvalue weighted by atomic mass is 32.1. The summed E-state index contributed by atoms with van der Waals surface area (Å²) in [5.74, 6) is -0.310. The summed E-state index contributed by atoms with van der Waals surface area (Å²) in [4.78, 5) is 0. The number of rotatable bonds is 1. The Kier molecular flexibility index (Phi) is 3.37. The average molecular weight is 209 g/mol. The molecule has 2 N–H and O–H groups in total. The van der Waals surface area contributed by atoms with E-state index in [2.05, 4.69) is 10.6 Å². The fraction of sp³-hybridized carbons (Fsp3) is 0.111. The van der Waals surface area contributed by atoms with Crippen LogP contribution in [0.4, 0.5) is 10.1 Å². The van der Waals surface area contributed by atoms with Crippen molar-refractivity contribution in [3.8, 4) is 6.19 Å². The number of halogens is 1. The Bertz CT molecular complexity index is 398. The largest absolute Gasteiger partial charge is 0.332 e. The molecule has 0 aromatic heterocycles. The molecular weight excluding hydrogens is 201 g/mol. The molecule has 0 radical (unpaired) electrons. The Labute approximate surface area is 86.5 Å². The summed E-state index contributed by atoms with van der Waals surface area (Å²) in [7, 11) is 0. The van der Waals surface area contributed by atoms with Crippen LogP contribution in [0.1, 0.15) is 5.56 Å². The summed E-state index contributed by atoms with van der Waals surface area (Å²) in [5.41, 5.74) is 1.02. The molecule has 0 fully saturated rings. The molecule has 0 aliphatic rings. The molecule has 0 unspecified atom stereocenters. The van der Waals surface area contributed by atoms with Crippen molar-refractivity contribution < 1.29 is 4.39 Å². The zero-order chi connectivity index (χ0) is 10.6. The van der Waals surface area contributed by atoms with Crippen LogP contribution in [0.25, 0.3) is 0 Å². The van der Waals surface area contributed by atoms with Crippen molar-refractivity contribution in [1.82, 2.24) is 5.32 Å². The first-order chi connectivity index (χ1) is 6.65. The molecule has 14 heavy (non-hydrogen) atoms. The number of anilines is 1. The Balaban J connectivity index is 2.83. The quantitative estimate of drug-likeness (QED) is 0.421. The first-order valence-electron chi connectivity index (χ1n) is 3.86. The molecule has 3 nitrogen and oxygen atoms in total. The fourth-order valence-electron chi connectivity index (χ4n) is 0.947. The van der Waals surface area contributed by atoms with Crippen molar-refractivity contribution in [1.29, 1.82) is 5.26 Å². The van der Waals surface area contributed by atoms with E-state index in [0.29, 0.717) is 11.3 Å². The molecule has 0 heterocycles. The summed E-state index contributed by atoms with van der Waals surface area (Å²) in [6.07, 6.45) is 1.67. The van der Waals surface area contributed by atoms with Gasteiger partial charge in [-0.05, 0) is 31.3 Å². The minimum atomic E-state index is -0.310. The van der Waals surface area contributed by atoms with E-state index < -0.39 is 0 Å². The van der Waals surface area contributed by atoms with Crippen LogP contribution in [0.15, 0.2) is 18.2 Å². The lowest BCUT2D eigenvalue weighted by atomic mass is 10.2. The molecule has 0 saturated heterocycles. The van der Waals surface area contributed by atoms with Gasteiger partial charge in [0, 0.05) is 11.3 Å². The van der Waals surface area contributed by atoms with Gasteiger partial charge < -0.3 is 5.32 Å². The van der Waals surface area contributed by atoms with Gasteiger partial charge in [-0.25, -0.2) is 4.39 Å². The van der Waals surface area contributed by atoms with Gasteiger partial charge in [-0.3, -0.25) is 5.32 Å². The highest BCUT2D eigenvalue weighted by Gasteiger charge is 2.03. The van der Waals surface area contributed by atoms with E-state index in [-0.39, 0.29) is 10.9 Å². The predicted molar refractivity (Wildman–Crippen MR) is 56.1 cm³/mol. The highest BCUT2D eigenvalue weighted by molar-refractivity contribution is 7.80. The van der Waals surface area contributed by atoms with E-state index in [1.807, 2.05) is 0 Å². The van der Waals surface area contributed by atoms with E-state index in [0.717, 1.165) is 0 Å². The second kappa shape index (κ2) is 4.53. The summed E-state index contributed by atoms with van der Waals surface area (Å²) in [5, 5.41) is 13.4. The van der Waals surface area contributed by atoms with E-state index in [1.165, 1.54) is 6.07 Å². The van der Waals surface area contributed by atoms with Gasteiger partial charge in [-0.15, -0.1) is 0 Å². The van der Waals surface area contributed by atoms with Gasteiger partial charge >= 0.3 is 0 Å². The monoisotopic (exact) mass is 209 g/mol. The van der Waals surface area contributed by atoms with Crippen molar-refractivity contribution >= 4 is 23.0 Å². The third-order valence-corrected chi connectivity index (χ3v) is 1.89. The lowest BCUT2D eigenvalue weighted by molar-refractivity contribution is 0.619. The minimum absolute atomic E-state index is 0.154. The summed E-state index contributed by atoms with van der Waals surface area (Å²) >= 11 is 4.77. The molecule has 0 aliphatic carbocycles. The maximum atomic E-state index is 13.0.